The van der Waals surface area contributed by atoms with Gasteiger partial charge in [-0.1, -0.05) is 6.07 Å². The first kappa shape index (κ1) is 19.3. The maximum Gasteiger partial charge on any atom is 1.00 e. The minimum Gasteiger partial charge on any atom is -0.294 e. The SMILES string of the molecule is CC(=O)c1cnc(-c2ccccn2)c(C(=O)CCl)c1C(C)=O.[Re+]. The quantitative estimate of drug-likeness (QED) is 0.464. The van der Waals surface area contributed by atoms with Crippen molar-refractivity contribution in [2.24, 2.45) is 0 Å². The van der Waals surface area contributed by atoms with Gasteiger partial charge in [0.2, 0.25) is 0 Å². The molecule has 23 heavy (non-hydrogen) atoms. The largest absolute Gasteiger partial charge is 1.00 e. The van der Waals surface area contributed by atoms with Crippen LogP contribution in [0.4, 0.5) is 0 Å². The van der Waals surface area contributed by atoms with Crippen molar-refractivity contribution in [2.45, 2.75) is 13.8 Å². The number of carbonyl (C=O) groups is 3. The third kappa shape index (κ3) is 3.97. The van der Waals surface area contributed by atoms with Gasteiger partial charge in [-0.05, 0) is 26.0 Å². The Labute approximate surface area is 152 Å². The number of alkyl halides is 1. The molecule has 0 saturated carbocycles. The number of hydrogen-bond donors (Lipinski definition) is 0. The number of nitrogens with zero attached hydrogens (tertiary/aromatic N) is 2. The number of hydrogen-bond acceptors (Lipinski definition) is 5. The molecule has 7 heteroatoms. The molecule has 0 spiro atoms. The van der Waals surface area contributed by atoms with E-state index in [1.165, 1.54) is 20.0 Å². The van der Waals surface area contributed by atoms with E-state index in [0.717, 1.165) is 0 Å². The van der Waals surface area contributed by atoms with E-state index in [1.807, 2.05) is 0 Å². The maximum absolute atomic E-state index is 12.2. The number of aromatic nitrogens is 2. The first-order valence-electron chi connectivity index (χ1n) is 6.52. The molecule has 2 aromatic rings. The van der Waals surface area contributed by atoms with Gasteiger partial charge in [-0.25, -0.2) is 0 Å². The Kier molecular flexibility index (Phi) is 6.89. The Morgan fingerprint density at radius 1 is 1.04 bits per heavy atom. The summed E-state index contributed by atoms with van der Waals surface area (Å²) in [6, 6.07) is 5.14. The molecule has 2 rings (SSSR count). The summed E-state index contributed by atoms with van der Waals surface area (Å²) in [4.78, 5) is 44.3. The number of halogens is 1. The van der Waals surface area contributed by atoms with E-state index in [0.29, 0.717) is 5.69 Å². The summed E-state index contributed by atoms with van der Waals surface area (Å²) in [6.07, 6.45) is 2.85. The van der Waals surface area contributed by atoms with Gasteiger partial charge in [0, 0.05) is 23.5 Å². The van der Waals surface area contributed by atoms with E-state index in [2.05, 4.69) is 9.97 Å². The van der Waals surface area contributed by atoms with Crippen LogP contribution in [0, 0.1) is 0 Å². The molecule has 2 aromatic heterocycles. The summed E-state index contributed by atoms with van der Waals surface area (Å²) in [6.45, 7) is 2.62. The molecule has 0 radical (unpaired) electrons. The van der Waals surface area contributed by atoms with Crippen LogP contribution in [0.2, 0.25) is 0 Å². The second-order valence-corrected chi connectivity index (χ2v) is 4.92. The van der Waals surface area contributed by atoms with E-state index in [-0.39, 0.29) is 54.5 Å². The van der Waals surface area contributed by atoms with Crippen molar-refractivity contribution in [3.63, 3.8) is 0 Å². The Bertz CT molecular complexity index is 763. The average Bonchev–Trinajstić information content (AvgIpc) is 2.53. The van der Waals surface area contributed by atoms with Gasteiger partial charge in [0.1, 0.15) is 5.69 Å². The van der Waals surface area contributed by atoms with Crippen LogP contribution < -0.4 is 0 Å². The van der Waals surface area contributed by atoms with Crippen LogP contribution in [-0.4, -0.2) is 33.2 Å². The fraction of sp³-hybridized carbons (Fsp3) is 0.188. The van der Waals surface area contributed by atoms with Crippen molar-refractivity contribution in [3.8, 4) is 11.4 Å². The van der Waals surface area contributed by atoms with Crippen LogP contribution in [0.1, 0.15) is 44.9 Å². The zero-order valence-electron chi connectivity index (χ0n) is 12.5. The molecular weight excluding hydrogens is 490 g/mol. The van der Waals surface area contributed by atoms with Gasteiger partial charge in [0.25, 0.3) is 0 Å². The van der Waals surface area contributed by atoms with Crippen LogP contribution in [-0.2, 0) is 20.4 Å². The van der Waals surface area contributed by atoms with Gasteiger partial charge in [-0.2, -0.15) is 0 Å². The fourth-order valence-corrected chi connectivity index (χ4v) is 2.31. The predicted octanol–water partition coefficient (Wildman–Crippen LogP) is 2.97. The molecule has 0 aliphatic rings. The summed E-state index contributed by atoms with van der Waals surface area (Å²) >= 11 is 5.66. The minimum atomic E-state index is -0.469. The monoisotopic (exact) mass is 503 g/mol. The Balaban J connectivity index is 0.00000264. The molecule has 0 fully saturated rings. The fourth-order valence-electron chi connectivity index (χ4n) is 2.18. The van der Waals surface area contributed by atoms with Crippen molar-refractivity contribution >= 4 is 29.0 Å². The van der Waals surface area contributed by atoms with E-state index >= 15 is 0 Å². The van der Waals surface area contributed by atoms with E-state index in [1.54, 1.807) is 24.4 Å². The van der Waals surface area contributed by atoms with Gasteiger partial charge < -0.3 is 0 Å². The molecule has 0 aromatic carbocycles. The van der Waals surface area contributed by atoms with Crippen LogP contribution in [0.5, 0.6) is 0 Å². The topological polar surface area (TPSA) is 77.0 Å². The van der Waals surface area contributed by atoms with Crippen LogP contribution in [0.25, 0.3) is 11.4 Å². The summed E-state index contributed by atoms with van der Waals surface area (Å²) in [7, 11) is 0. The molecule has 0 aliphatic heterocycles. The zero-order chi connectivity index (χ0) is 16.3. The molecule has 5 nitrogen and oxygen atoms in total. The van der Waals surface area contributed by atoms with Crippen LogP contribution in [0.3, 0.4) is 0 Å². The molecule has 0 N–H and O–H groups in total. The number of Topliss-reactive ketones (excluding diaryl/α,β-unsaturated/α-hetero) is 3. The maximum atomic E-state index is 12.2. The molecule has 2 heterocycles. The number of ketones is 3. The molecule has 0 bridgehead atoms. The minimum absolute atomic E-state index is 0. The Morgan fingerprint density at radius 3 is 2.22 bits per heavy atom. The Hall–Kier alpha value is -1.74. The molecule has 0 aliphatic carbocycles. The second kappa shape index (κ2) is 8.21. The summed E-state index contributed by atoms with van der Waals surface area (Å²) < 4.78 is 0. The molecular formula is C16H13ClN2O3Re+. The van der Waals surface area contributed by atoms with Gasteiger partial charge in [-0.3, -0.25) is 24.4 Å². The molecule has 118 valence electrons. The summed E-state index contributed by atoms with van der Waals surface area (Å²) in [5.41, 5.74) is 0.901. The van der Waals surface area contributed by atoms with E-state index in [9.17, 15) is 14.4 Å². The van der Waals surface area contributed by atoms with Crippen LogP contribution >= 0.6 is 11.6 Å². The number of rotatable bonds is 5. The molecule has 0 amide bonds. The first-order valence-corrected chi connectivity index (χ1v) is 7.06. The smallest absolute Gasteiger partial charge is 0.294 e. The molecule has 0 saturated heterocycles. The van der Waals surface area contributed by atoms with Crippen molar-refractivity contribution in [1.29, 1.82) is 0 Å². The van der Waals surface area contributed by atoms with Crippen molar-refractivity contribution in [2.75, 3.05) is 5.88 Å². The first-order chi connectivity index (χ1) is 10.5. The number of pyridine rings is 2. The standard InChI is InChI=1S/C16H13ClN2O3.Re/c1-9(20)11-8-19-16(12-5-3-4-6-18-12)15(13(22)7-17)14(11)10(2)21;/h3-6,8H,7H2,1-2H3;/q;+1. The van der Waals surface area contributed by atoms with Gasteiger partial charge in [0.15, 0.2) is 17.3 Å². The van der Waals surface area contributed by atoms with Crippen molar-refractivity contribution in [1.82, 2.24) is 9.97 Å². The second-order valence-electron chi connectivity index (χ2n) is 4.65. The van der Waals surface area contributed by atoms with Gasteiger partial charge in [0.05, 0.1) is 17.1 Å². The molecule has 0 atom stereocenters. The summed E-state index contributed by atoms with van der Waals surface area (Å²) in [5.74, 6) is -1.52. The van der Waals surface area contributed by atoms with Crippen LogP contribution in [0.15, 0.2) is 30.6 Å². The normalized spacial score (nSPS) is 9.87. The average molecular weight is 503 g/mol. The third-order valence-corrected chi connectivity index (χ3v) is 3.36. The Morgan fingerprint density at radius 2 is 1.74 bits per heavy atom. The number of carbonyl (C=O) groups excluding carboxylic acids is 3. The summed E-state index contributed by atoms with van der Waals surface area (Å²) in [5, 5.41) is 0. The van der Waals surface area contributed by atoms with E-state index in [4.69, 9.17) is 11.6 Å². The van der Waals surface area contributed by atoms with Gasteiger partial charge >= 0.3 is 20.4 Å². The third-order valence-electron chi connectivity index (χ3n) is 3.12. The molecule has 0 unspecified atom stereocenters. The zero-order valence-corrected chi connectivity index (χ0v) is 15.9. The van der Waals surface area contributed by atoms with E-state index < -0.39 is 11.6 Å². The van der Waals surface area contributed by atoms with Gasteiger partial charge in [-0.15, -0.1) is 11.6 Å². The van der Waals surface area contributed by atoms with Crippen molar-refractivity contribution in [3.05, 3.63) is 47.3 Å². The predicted molar refractivity (Wildman–Crippen MR) is 82.5 cm³/mol. The van der Waals surface area contributed by atoms with Crippen molar-refractivity contribution < 1.29 is 34.8 Å².